The number of rotatable bonds is 8. The van der Waals surface area contributed by atoms with E-state index in [1.165, 1.54) is 26.0 Å². The first-order valence-electron chi connectivity index (χ1n) is 10.3. The third kappa shape index (κ3) is 7.94. The van der Waals surface area contributed by atoms with Gasteiger partial charge in [0.25, 0.3) is 10.1 Å². The highest BCUT2D eigenvalue weighted by Gasteiger charge is 2.33. The van der Waals surface area contributed by atoms with Crippen LogP contribution in [-0.2, 0) is 26.7 Å². The summed E-state index contributed by atoms with van der Waals surface area (Å²) in [6, 6.07) is 4.15. The lowest BCUT2D eigenvalue weighted by atomic mass is 10.2. The van der Waals surface area contributed by atoms with Gasteiger partial charge in [-0.05, 0) is 38.1 Å². The second-order valence-electron chi connectivity index (χ2n) is 7.70. The number of aromatic nitrogens is 5. The molecular weight excluding hydrogens is 532 g/mol. The molecule has 3 rings (SSSR count). The van der Waals surface area contributed by atoms with E-state index in [2.05, 4.69) is 35.6 Å². The Balaban J connectivity index is 2.02. The van der Waals surface area contributed by atoms with Crippen LogP contribution < -0.4 is 10.6 Å². The first kappa shape index (κ1) is 28.0. The van der Waals surface area contributed by atoms with Crippen LogP contribution in [0, 0.1) is 0 Å². The Bertz CT molecular complexity index is 1370. The van der Waals surface area contributed by atoms with Crippen LogP contribution in [0.2, 0.25) is 0 Å². The molecule has 37 heavy (non-hydrogen) atoms. The fourth-order valence-corrected chi connectivity index (χ4v) is 3.52. The minimum atomic E-state index is -4.76. The van der Waals surface area contributed by atoms with Crippen LogP contribution in [0.15, 0.2) is 36.5 Å². The number of nitrogens with one attached hydrogen (secondary N) is 2. The Morgan fingerprint density at radius 1 is 0.892 bits per heavy atom. The summed E-state index contributed by atoms with van der Waals surface area (Å²) < 4.78 is 106. The molecule has 3 aromatic rings. The molecule has 0 aliphatic rings. The highest BCUT2D eigenvalue weighted by atomic mass is 32.2. The average molecular weight is 551 g/mol. The molecule has 10 nitrogen and oxygen atoms in total. The van der Waals surface area contributed by atoms with Crippen LogP contribution in [0.3, 0.4) is 0 Å². The zero-order valence-electron chi connectivity index (χ0n) is 19.3. The summed E-state index contributed by atoms with van der Waals surface area (Å²) in [5.41, 5.74) is -2.85. The number of hydrogen-bond donors (Lipinski definition) is 2. The Labute approximate surface area is 206 Å². The summed E-state index contributed by atoms with van der Waals surface area (Å²) in [4.78, 5) is 18.8. The molecular formula is C20H19F6N7O3S. The zero-order valence-corrected chi connectivity index (χ0v) is 20.1. The van der Waals surface area contributed by atoms with Crippen molar-refractivity contribution in [1.82, 2.24) is 24.9 Å². The van der Waals surface area contributed by atoms with E-state index in [-0.39, 0.29) is 29.1 Å². The number of nitrogens with zero attached hydrogens (tertiary/aromatic N) is 5. The molecule has 0 saturated heterocycles. The largest absolute Gasteiger partial charge is 0.433 e. The van der Waals surface area contributed by atoms with E-state index < -0.39 is 46.0 Å². The number of alkyl halides is 6. The molecule has 0 aromatic carbocycles. The molecule has 0 saturated carbocycles. The van der Waals surface area contributed by atoms with Gasteiger partial charge >= 0.3 is 12.4 Å². The normalized spacial score (nSPS) is 14.2. The second-order valence-corrected chi connectivity index (χ2v) is 9.30. The molecule has 200 valence electrons. The molecule has 0 amide bonds. The Hall–Kier alpha value is -3.60. The maximum Gasteiger partial charge on any atom is 0.433 e. The van der Waals surface area contributed by atoms with Gasteiger partial charge in [-0.3, -0.25) is 9.17 Å². The van der Waals surface area contributed by atoms with Crippen molar-refractivity contribution >= 4 is 27.7 Å². The molecule has 0 spiro atoms. The molecule has 0 radical (unpaired) electrons. The van der Waals surface area contributed by atoms with Crippen molar-refractivity contribution < 1.29 is 38.9 Å². The summed E-state index contributed by atoms with van der Waals surface area (Å²) in [6.45, 7) is 2.96. The van der Waals surface area contributed by atoms with Gasteiger partial charge in [0, 0.05) is 11.9 Å². The van der Waals surface area contributed by atoms with Crippen molar-refractivity contribution in [2.24, 2.45) is 0 Å². The molecule has 3 heterocycles. The van der Waals surface area contributed by atoms with Gasteiger partial charge in [0.15, 0.2) is 5.82 Å². The molecule has 2 atom stereocenters. The standard InChI is InChI=1S/C20H19F6N7O3S/c1-10(11(2)36-37(3,34)35)28-17-31-16(13-5-4-6-14(30-13)19(21,22)23)32-18(33-17)29-12-7-8-27-15(9-12)20(24,25)26/h4-11H,1-3H3,(H2,27,28,29,31,32,33). The molecule has 0 fully saturated rings. The third-order valence-electron chi connectivity index (χ3n) is 4.60. The predicted octanol–water partition coefficient (Wildman–Crippen LogP) is 4.27. The fraction of sp³-hybridized carbons (Fsp3) is 0.350. The van der Waals surface area contributed by atoms with Crippen molar-refractivity contribution in [3.8, 4) is 11.5 Å². The van der Waals surface area contributed by atoms with Gasteiger partial charge in [-0.25, -0.2) is 4.98 Å². The van der Waals surface area contributed by atoms with Gasteiger partial charge in [-0.1, -0.05) is 6.07 Å². The Kier molecular flexibility index (Phi) is 7.87. The van der Waals surface area contributed by atoms with Gasteiger partial charge in [-0.2, -0.15) is 49.7 Å². The topological polar surface area (TPSA) is 132 Å². The third-order valence-corrected chi connectivity index (χ3v) is 5.25. The molecule has 2 N–H and O–H groups in total. The highest BCUT2D eigenvalue weighted by molar-refractivity contribution is 7.86. The lowest BCUT2D eigenvalue weighted by molar-refractivity contribution is -0.141. The molecule has 3 aromatic heterocycles. The minimum Gasteiger partial charge on any atom is -0.349 e. The zero-order chi connectivity index (χ0) is 27.6. The summed E-state index contributed by atoms with van der Waals surface area (Å²) in [7, 11) is -3.82. The van der Waals surface area contributed by atoms with Crippen molar-refractivity contribution in [3.05, 3.63) is 47.9 Å². The maximum absolute atomic E-state index is 13.2. The molecule has 0 aliphatic heterocycles. The van der Waals surface area contributed by atoms with Gasteiger partial charge in [0.1, 0.15) is 17.1 Å². The van der Waals surface area contributed by atoms with Crippen LogP contribution in [0.5, 0.6) is 0 Å². The lowest BCUT2D eigenvalue weighted by Crippen LogP contribution is -2.33. The van der Waals surface area contributed by atoms with Crippen LogP contribution >= 0.6 is 0 Å². The van der Waals surface area contributed by atoms with Crippen molar-refractivity contribution in [1.29, 1.82) is 0 Å². The van der Waals surface area contributed by atoms with Crippen LogP contribution in [0.25, 0.3) is 11.5 Å². The maximum atomic E-state index is 13.2. The Morgan fingerprint density at radius 3 is 2.16 bits per heavy atom. The van der Waals surface area contributed by atoms with E-state index >= 15 is 0 Å². The highest BCUT2D eigenvalue weighted by Crippen LogP contribution is 2.31. The van der Waals surface area contributed by atoms with Gasteiger partial charge in [-0.15, -0.1) is 0 Å². The molecule has 2 unspecified atom stereocenters. The first-order valence-corrected chi connectivity index (χ1v) is 12.1. The number of pyridine rings is 2. The van der Waals surface area contributed by atoms with Crippen LogP contribution in [0.4, 0.5) is 43.9 Å². The van der Waals surface area contributed by atoms with E-state index in [0.29, 0.717) is 6.07 Å². The number of hydrogen-bond acceptors (Lipinski definition) is 10. The monoisotopic (exact) mass is 551 g/mol. The Morgan fingerprint density at radius 2 is 1.54 bits per heavy atom. The fourth-order valence-electron chi connectivity index (χ4n) is 2.80. The molecule has 17 heteroatoms. The van der Waals surface area contributed by atoms with E-state index in [4.69, 9.17) is 4.18 Å². The molecule has 0 bridgehead atoms. The average Bonchev–Trinajstić information content (AvgIpc) is 2.77. The van der Waals surface area contributed by atoms with Crippen LogP contribution in [-0.4, -0.2) is 51.7 Å². The minimum absolute atomic E-state index is 0.121. The smallest absolute Gasteiger partial charge is 0.349 e. The summed E-state index contributed by atoms with van der Waals surface area (Å²) >= 11 is 0. The predicted molar refractivity (Wildman–Crippen MR) is 119 cm³/mol. The number of anilines is 3. The van der Waals surface area contributed by atoms with E-state index in [1.54, 1.807) is 0 Å². The van der Waals surface area contributed by atoms with E-state index in [9.17, 15) is 34.8 Å². The molecule has 0 aliphatic carbocycles. The van der Waals surface area contributed by atoms with Crippen LogP contribution in [0.1, 0.15) is 25.2 Å². The summed E-state index contributed by atoms with van der Waals surface area (Å²) in [5.74, 6) is -0.928. The second kappa shape index (κ2) is 10.4. The van der Waals surface area contributed by atoms with Crippen molar-refractivity contribution in [2.75, 3.05) is 16.9 Å². The van der Waals surface area contributed by atoms with E-state index in [0.717, 1.165) is 24.6 Å². The van der Waals surface area contributed by atoms with Gasteiger partial charge < -0.3 is 10.6 Å². The quantitative estimate of drug-likeness (QED) is 0.309. The summed E-state index contributed by atoms with van der Waals surface area (Å²) in [6.07, 6.45) is -8.67. The van der Waals surface area contributed by atoms with Gasteiger partial charge in [0.2, 0.25) is 11.9 Å². The summed E-state index contributed by atoms with van der Waals surface area (Å²) in [5, 5.41) is 5.28. The SMILES string of the molecule is CC(Nc1nc(Nc2ccnc(C(F)(F)F)c2)nc(-c2cccc(C(F)(F)F)n2)n1)C(C)OS(C)(=O)=O. The number of halogens is 6. The van der Waals surface area contributed by atoms with Gasteiger partial charge in [0.05, 0.1) is 18.4 Å². The van der Waals surface area contributed by atoms with E-state index in [1.807, 2.05) is 0 Å². The van der Waals surface area contributed by atoms with Crippen molar-refractivity contribution in [2.45, 2.75) is 38.3 Å². The first-order chi connectivity index (χ1) is 17.0. The lowest BCUT2D eigenvalue weighted by Gasteiger charge is -2.21. The van der Waals surface area contributed by atoms with Crippen molar-refractivity contribution in [3.63, 3.8) is 0 Å².